The average Bonchev–Trinajstić information content (AvgIpc) is 2.66. The van der Waals surface area contributed by atoms with Gasteiger partial charge in [-0.15, -0.1) is 6.42 Å². The number of terminal acetylenes is 1. The molecule has 26 heavy (non-hydrogen) atoms. The number of rotatable bonds is 8. The summed E-state index contributed by atoms with van der Waals surface area (Å²) in [5.41, 5.74) is 1.81. The molecule has 0 spiro atoms. The molecular weight excluding hydrogens is 414 g/mol. The number of halogens is 1. The summed E-state index contributed by atoms with van der Waals surface area (Å²) >= 11 is 8.66. The molecule has 4 nitrogen and oxygen atoms in total. The fourth-order valence-electron chi connectivity index (χ4n) is 2.33. The molecule has 136 valence electrons. The number of methoxy groups -OCH3 is 1. The number of thiocarbonyl (C=S) groups is 1. The minimum absolute atomic E-state index is 0.194. The van der Waals surface area contributed by atoms with Crippen molar-refractivity contribution < 1.29 is 14.6 Å². The maximum Gasteiger partial charge on any atom is 0.162 e. The monoisotopic (exact) mass is 433 g/mol. The van der Waals surface area contributed by atoms with E-state index >= 15 is 0 Å². The summed E-state index contributed by atoms with van der Waals surface area (Å²) < 4.78 is 11.7. The number of benzene rings is 2. The van der Waals surface area contributed by atoms with Crippen LogP contribution in [0.2, 0.25) is 0 Å². The average molecular weight is 434 g/mol. The summed E-state index contributed by atoms with van der Waals surface area (Å²) in [6, 6.07) is 13.1. The zero-order valence-electron chi connectivity index (χ0n) is 14.4. The van der Waals surface area contributed by atoms with E-state index in [2.05, 4.69) is 27.2 Å². The Bertz CT molecular complexity index is 787. The summed E-state index contributed by atoms with van der Waals surface area (Å²) in [5.74, 6) is 3.68. The molecule has 0 aliphatic heterocycles. The minimum Gasteiger partial charge on any atom is -0.493 e. The number of nitrogens with one attached hydrogen (secondary N) is 1. The Morgan fingerprint density at radius 3 is 2.65 bits per heavy atom. The molecule has 0 aliphatic carbocycles. The molecule has 0 saturated carbocycles. The maximum absolute atomic E-state index is 10.3. The summed E-state index contributed by atoms with van der Waals surface area (Å²) in [6.07, 6.45) is 5.10. The Hall–Kier alpha value is -2.07. The Morgan fingerprint density at radius 1 is 1.27 bits per heavy atom. The number of aliphatic hydroxyl groups excluding tert-OH is 1. The smallest absolute Gasteiger partial charge is 0.162 e. The lowest BCUT2D eigenvalue weighted by molar-refractivity contribution is 0.246. The number of hydrogen-bond acceptors (Lipinski definition) is 4. The van der Waals surface area contributed by atoms with Crippen LogP contribution < -0.4 is 14.8 Å². The topological polar surface area (TPSA) is 50.7 Å². The van der Waals surface area contributed by atoms with Gasteiger partial charge in [0, 0.05) is 11.0 Å². The van der Waals surface area contributed by atoms with E-state index in [1.165, 1.54) is 0 Å². The molecule has 0 bridgehead atoms. The first-order chi connectivity index (χ1) is 12.5. The zero-order valence-corrected chi connectivity index (χ0v) is 16.8. The lowest BCUT2D eigenvalue weighted by atomic mass is 10.1. The van der Waals surface area contributed by atoms with Gasteiger partial charge in [-0.2, -0.15) is 0 Å². The van der Waals surface area contributed by atoms with Crippen molar-refractivity contribution in [1.29, 1.82) is 0 Å². The summed E-state index contributed by atoms with van der Waals surface area (Å²) in [7, 11) is 1.59. The van der Waals surface area contributed by atoms with Crippen molar-refractivity contribution >= 4 is 33.1 Å². The molecule has 0 heterocycles. The van der Waals surface area contributed by atoms with E-state index < -0.39 is 6.10 Å². The van der Waals surface area contributed by atoms with Gasteiger partial charge < -0.3 is 19.9 Å². The largest absolute Gasteiger partial charge is 0.493 e. The minimum atomic E-state index is -0.827. The van der Waals surface area contributed by atoms with E-state index in [9.17, 15) is 5.11 Å². The summed E-state index contributed by atoms with van der Waals surface area (Å²) in [4.78, 5) is 0.397. The fourth-order valence-corrected chi connectivity index (χ4v) is 2.83. The van der Waals surface area contributed by atoms with Crippen LogP contribution in [0.15, 0.2) is 46.9 Å². The SMILES string of the molecule is C#CCOc1ccc(CCNC(=S)C(O)c2ccc(Br)cc2)cc1OC. The molecule has 1 atom stereocenters. The highest BCUT2D eigenvalue weighted by Gasteiger charge is 2.13. The number of ether oxygens (including phenoxy) is 2. The predicted octanol–water partition coefficient (Wildman–Crippen LogP) is 3.66. The Labute approximate surface area is 167 Å². The lowest BCUT2D eigenvalue weighted by Gasteiger charge is -2.15. The molecule has 2 aromatic rings. The van der Waals surface area contributed by atoms with E-state index in [4.69, 9.17) is 28.1 Å². The maximum atomic E-state index is 10.3. The van der Waals surface area contributed by atoms with Gasteiger partial charge in [-0.05, 0) is 41.8 Å². The highest BCUT2D eigenvalue weighted by molar-refractivity contribution is 9.10. The highest BCUT2D eigenvalue weighted by Crippen LogP contribution is 2.28. The van der Waals surface area contributed by atoms with Gasteiger partial charge >= 0.3 is 0 Å². The van der Waals surface area contributed by atoms with Crippen LogP contribution >= 0.6 is 28.1 Å². The van der Waals surface area contributed by atoms with Crippen LogP contribution in [-0.2, 0) is 6.42 Å². The number of aliphatic hydroxyl groups is 1. The predicted molar refractivity (Wildman–Crippen MR) is 111 cm³/mol. The van der Waals surface area contributed by atoms with E-state index in [1.54, 1.807) is 7.11 Å². The molecule has 6 heteroatoms. The summed E-state index contributed by atoms with van der Waals surface area (Å²) in [5, 5.41) is 13.4. The first kappa shape index (κ1) is 20.2. The third-order valence-corrected chi connectivity index (χ3v) is 4.58. The molecule has 0 fully saturated rings. The van der Waals surface area contributed by atoms with Gasteiger partial charge in [0.1, 0.15) is 17.7 Å². The third kappa shape index (κ3) is 5.73. The van der Waals surface area contributed by atoms with Crippen molar-refractivity contribution in [3.05, 3.63) is 58.1 Å². The van der Waals surface area contributed by atoms with Gasteiger partial charge in [0.25, 0.3) is 0 Å². The van der Waals surface area contributed by atoms with E-state index in [1.807, 2.05) is 42.5 Å². The quantitative estimate of drug-likeness (QED) is 0.491. The van der Waals surface area contributed by atoms with Crippen molar-refractivity contribution in [3.8, 4) is 23.8 Å². The van der Waals surface area contributed by atoms with Crippen LogP contribution in [0, 0.1) is 12.3 Å². The van der Waals surface area contributed by atoms with Gasteiger partial charge in [-0.1, -0.05) is 52.3 Å². The van der Waals surface area contributed by atoms with Crippen LogP contribution in [0.4, 0.5) is 0 Å². The fraction of sp³-hybridized carbons (Fsp3) is 0.250. The van der Waals surface area contributed by atoms with E-state index in [0.717, 1.165) is 22.0 Å². The normalized spacial score (nSPS) is 11.3. The molecule has 0 radical (unpaired) electrons. The molecule has 2 rings (SSSR count). The van der Waals surface area contributed by atoms with Crippen LogP contribution in [0.3, 0.4) is 0 Å². The van der Waals surface area contributed by atoms with Crippen LogP contribution in [0.1, 0.15) is 17.2 Å². The molecule has 2 aromatic carbocycles. The van der Waals surface area contributed by atoms with Gasteiger partial charge in [-0.25, -0.2) is 0 Å². The number of hydrogen-bond donors (Lipinski definition) is 2. The van der Waals surface area contributed by atoms with Crippen molar-refractivity contribution in [2.45, 2.75) is 12.5 Å². The standard InChI is InChI=1S/C20H20BrNO3S/c1-3-12-25-17-9-4-14(13-18(17)24-2)10-11-22-20(26)19(23)15-5-7-16(21)8-6-15/h1,4-9,13,19,23H,10-12H2,2H3,(H,22,26). The Morgan fingerprint density at radius 2 is 2.00 bits per heavy atom. The molecular formula is C20H20BrNO3S. The van der Waals surface area contributed by atoms with Gasteiger partial charge in [-0.3, -0.25) is 0 Å². The van der Waals surface area contributed by atoms with E-state index in [-0.39, 0.29) is 6.61 Å². The molecule has 2 N–H and O–H groups in total. The zero-order chi connectivity index (χ0) is 18.9. The lowest BCUT2D eigenvalue weighted by Crippen LogP contribution is -2.29. The highest BCUT2D eigenvalue weighted by atomic mass is 79.9. The molecule has 0 aliphatic rings. The van der Waals surface area contributed by atoms with Crippen molar-refractivity contribution in [1.82, 2.24) is 5.32 Å². The van der Waals surface area contributed by atoms with Gasteiger partial charge in [0.05, 0.1) is 7.11 Å². The molecule has 0 amide bonds. The van der Waals surface area contributed by atoms with Crippen molar-refractivity contribution in [2.24, 2.45) is 0 Å². The van der Waals surface area contributed by atoms with Crippen molar-refractivity contribution in [3.63, 3.8) is 0 Å². The first-order valence-corrected chi connectivity index (χ1v) is 9.19. The Balaban J connectivity index is 1.89. The van der Waals surface area contributed by atoms with Crippen LogP contribution in [-0.4, -0.2) is 30.4 Å². The third-order valence-electron chi connectivity index (χ3n) is 3.69. The second-order valence-electron chi connectivity index (χ2n) is 5.47. The molecule has 0 aromatic heterocycles. The first-order valence-electron chi connectivity index (χ1n) is 7.99. The second-order valence-corrected chi connectivity index (χ2v) is 6.83. The van der Waals surface area contributed by atoms with Gasteiger partial charge in [0.2, 0.25) is 0 Å². The van der Waals surface area contributed by atoms with Gasteiger partial charge in [0.15, 0.2) is 11.5 Å². The van der Waals surface area contributed by atoms with Crippen molar-refractivity contribution in [2.75, 3.05) is 20.3 Å². The summed E-state index contributed by atoms with van der Waals surface area (Å²) in [6.45, 7) is 0.791. The second kappa shape index (κ2) is 10.2. The Kier molecular flexibility index (Phi) is 7.92. The van der Waals surface area contributed by atoms with E-state index in [0.29, 0.717) is 23.0 Å². The van der Waals surface area contributed by atoms with Crippen LogP contribution in [0.5, 0.6) is 11.5 Å². The van der Waals surface area contributed by atoms with Crippen LogP contribution in [0.25, 0.3) is 0 Å². The molecule has 0 saturated heterocycles. The molecule has 1 unspecified atom stereocenters.